The molecule has 48 heavy (non-hydrogen) atoms. The number of nitrogens with zero attached hydrogens (tertiary/aromatic N) is 3. The van der Waals surface area contributed by atoms with Crippen LogP contribution >= 0.6 is 23.5 Å². The number of alkyl carbamates (subject to hydrolysis) is 1. The number of aliphatic hydroxyl groups is 1. The number of aliphatic hydroxyl groups excluding tert-OH is 1. The van der Waals surface area contributed by atoms with E-state index in [0.29, 0.717) is 11.3 Å². The number of aromatic amines is 1. The van der Waals surface area contributed by atoms with Gasteiger partial charge in [-0.2, -0.15) is 13.6 Å². The van der Waals surface area contributed by atoms with E-state index in [4.69, 9.17) is 25.0 Å². The zero-order chi connectivity index (χ0) is 35.4. The molecule has 27 heteroatoms. The highest BCUT2D eigenvalue weighted by Gasteiger charge is 2.49. The highest BCUT2D eigenvalue weighted by molar-refractivity contribution is 7.66. The van der Waals surface area contributed by atoms with Gasteiger partial charge in [-0.15, -0.1) is 0 Å². The summed E-state index contributed by atoms with van der Waals surface area (Å²) in [7, 11) is -15.5. The predicted octanol–water partition coefficient (Wildman–Crippen LogP) is -1.13. The zero-order valence-corrected chi connectivity index (χ0v) is 27.0. The number of fused-ring (bicyclic) bond motifs is 1. The molecular weight excluding hydrogens is 713 g/mol. The van der Waals surface area contributed by atoms with Crippen LogP contribution in [0, 0.1) is 0 Å². The smallest absolute Gasteiger partial charge is 0.439 e. The summed E-state index contributed by atoms with van der Waals surface area (Å²) in [6, 6.07) is 6.67. The molecule has 0 spiro atoms. The number of H-pyrrole nitrogens is 1. The van der Waals surface area contributed by atoms with Crippen LogP contribution in [0.3, 0.4) is 0 Å². The fraction of sp³-hybridized carbons (Fsp3) is 0.381. The summed E-state index contributed by atoms with van der Waals surface area (Å²) >= 11 is 0. The molecule has 2 unspecified atom stereocenters. The third kappa shape index (κ3) is 9.44. The van der Waals surface area contributed by atoms with E-state index < -0.39 is 72.2 Å². The Morgan fingerprint density at radius 2 is 1.77 bits per heavy atom. The minimum atomic E-state index is -5.85. The van der Waals surface area contributed by atoms with Crippen LogP contribution in [0.15, 0.2) is 35.4 Å². The van der Waals surface area contributed by atoms with Gasteiger partial charge in [0.05, 0.1) is 18.5 Å². The summed E-state index contributed by atoms with van der Waals surface area (Å²) in [5.41, 5.74) is 5.35. The van der Waals surface area contributed by atoms with E-state index in [0.717, 1.165) is 10.9 Å². The summed E-state index contributed by atoms with van der Waals surface area (Å²) in [6.07, 6.45) is -6.92. The van der Waals surface area contributed by atoms with E-state index in [1.54, 1.807) is 31.3 Å². The van der Waals surface area contributed by atoms with Gasteiger partial charge in [0.25, 0.3) is 11.5 Å². The van der Waals surface area contributed by atoms with Gasteiger partial charge in [-0.25, -0.2) is 23.5 Å². The maximum absolute atomic E-state index is 12.7. The van der Waals surface area contributed by atoms with Gasteiger partial charge < -0.3 is 55.8 Å². The number of rotatable bonds is 14. The lowest BCUT2D eigenvalue weighted by Gasteiger charge is -2.22. The van der Waals surface area contributed by atoms with Crippen molar-refractivity contribution in [2.75, 3.05) is 37.8 Å². The molecule has 3 heterocycles. The Hall–Kier alpha value is -3.76. The molecule has 0 radical (unpaired) electrons. The van der Waals surface area contributed by atoms with Gasteiger partial charge in [-0.05, 0) is 12.1 Å². The van der Waals surface area contributed by atoms with Gasteiger partial charge in [0.15, 0.2) is 23.5 Å². The Labute approximate surface area is 268 Å². The fourth-order valence-corrected chi connectivity index (χ4v) is 7.34. The molecular formula is C21H29N8O16P3. The second-order valence-corrected chi connectivity index (χ2v) is 14.0. The van der Waals surface area contributed by atoms with Crippen LogP contribution in [0.4, 0.5) is 16.4 Å². The van der Waals surface area contributed by atoms with Crippen LogP contribution in [0.25, 0.3) is 11.2 Å². The summed E-state index contributed by atoms with van der Waals surface area (Å²) in [5, 5.41) is 18.8. The predicted molar refractivity (Wildman–Crippen MR) is 159 cm³/mol. The summed E-state index contributed by atoms with van der Waals surface area (Å²) in [6.45, 7) is -1.33. The van der Waals surface area contributed by atoms with Gasteiger partial charge in [-0.3, -0.25) is 23.7 Å². The Morgan fingerprint density at radius 3 is 2.46 bits per heavy atom. The van der Waals surface area contributed by atoms with Crippen molar-refractivity contribution in [1.29, 1.82) is 0 Å². The molecule has 24 nitrogen and oxygen atoms in total. The van der Waals surface area contributed by atoms with E-state index in [1.165, 1.54) is 0 Å². The number of benzene rings is 1. The van der Waals surface area contributed by atoms with Crippen molar-refractivity contribution in [3.8, 4) is 0 Å². The van der Waals surface area contributed by atoms with Crippen LogP contribution in [-0.4, -0.2) is 101 Å². The third-order valence-corrected chi connectivity index (χ3v) is 10.0. The average Bonchev–Trinajstić information content (AvgIpc) is 3.52. The average molecular weight is 742 g/mol. The van der Waals surface area contributed by atoms with Crippen molar-refractivity contribution in [2.45, 2.75) is 24.5 Å². The Morgan fingerprint density at radius 1 is 1.08 bits per heavy atom. The first-order valence-electron chi connectivity index (χ1n) is 13.2. The number of carbonyl (C=O) groups excluding carboxylic acids is 2. The number of phosphoric acid groups is 3. The molecule has 1 aromatic carbocycles. The molecule has 0 bridgehead atoms. The monoisotopic (exact) mass is 742 g/mol. The molecule has 2 amide bonds. The van der Waals surface area contributed by atoms with Crippen molar-refractivity contribution in [3.05, 3.63) is 46.5 Å². The Kier molecular flexibility index (Phi) is 11.4. The van der Waals surface area contributed by atoms with E-state index in [9.17, 15) is 43.0 Å². The molecule has 264 valence electrons. The quantitative estimate of drug-likeness (QED) is 0.0690. The lowest BCUT2D eigenvalue weighted by molar-refractivity contribution is -0.0522. The standard InChI is InChI=1S/C21H29N8O16P3/c1-23-11-5-3-2-4-10(11)17(31)24-6-7-25-21(33)43-15-14(30)12(8-41-47(37,38)45-48(39,40)44-46(34,35)36)42-19(15)29-9-26-13-16(29)27-20(22)28-18(13)32/h2-5,9,12,14-15,19,23,30H,6-8H2,1H3,(H,24,31)(H,25,33)(H,37,38)(H,39,40)(H2,34,35,36)(H3,22,27,28,32)/t12-,14-,15-,19-/m1/s1. The summed E-state index contributed by atoms with van der Waals surface area (Å²) in [4.78, 5) is 84.2. The highest BCUT2D eigenvalue weighted by Crippen LogP contribution is 2.66. The molecule has 1 aliphatic rings. The molecule has 2 aromatic heterocycles. The van der Waals surface area contributed by atoms with Crippen LogP contribution in [0.2, 0.25) is 0 Å². The minimum Gasteiger partial charge on any atom is -0.439 e. The molecule has 1 fully saturated rings. The largest absolute Gasteiger partial charge is 0.490 e. The molecule has 4 rings (SSSR count). The molecule has 3 aromatic rings. The van der Waals surface area contributed by atoms with Crippen LogP contribution in [0.1, 0.15) is 16.6 Å². The first-order valence-corrected chi connectivity index (χ1v) is 17.8. The summed E-state index contributed by atoms with van der Waals surface area (Å²) < 4.78 is 58.6. The minimum absolute atomic E-state index is 0.0556. The van der Waals surface area contributed by atoms with Crippen molar-refractivity contribution in [3.63, 3.8) is 0 Å². The van der Waals surface area contributed by atoms with Crippen LogP contribution < -0.4 is 27.2 Å². The first-order chi connectivity index (χ1) is 22.4. The molecule has 0 aliphatic carbocycles. The number of ether oxygens (including phenoxy) is 2. The number of imidazole rings is 1. The highest BCUT2D eigenvalue weighted by atomic mass is 31.3. The number of carbonyl (C=O) groups is 2. The van der Waals surface area contributed by atoms with E-state index in [-0.39, 0.29) is 30.2 Å². The number of aromatic nitrogens is 4. The van der Waals surface area contributed by atoms with Gasteiger partial charge in [0.1, 0.15) is 12.2 Å². The zero-order valence-electron chi connectivity index (χ0n) is 24.3. The topological polar surface area (TPSA) is 358 Å². The van der Waals surface area contributed by atoms with E-state index in [2.05, 4.69) is 44.0 Å². The van der Waals surface area contributed by atoms with Crippen molar-refractivity contribution in [2.24, 2.45) is 0 Å². The number of hydrogen-bond acceptors (Lipinski definition) is 16. The molecule has 1 saturated heterocycles. The first kappa shape index (κ1) is 37.1. The van der Waals surface area contributed by atoms with Gasteiger partial charge in [-0.1, -0.05) is 12.1 Å². The number of nitrogen functional groups attached to an aromatic ring is 1. The second-order valence-electron chi connectivity index (χ2n) is 9.57. The maximum Gasteiger partial charge on any atom is 0.490 e. The lowest BCUT2D eigenvalue weighted by atomic mass is 10.1. The van der Waals surface area contributed by atoms with Crippen molar-refractivity contribution >= 4 is 58.3 Å². The van der Waals surface area contributed by atoms with Crippen molar-refractivity contribution < 1.29 is 70.6 Å². The van der Waals surface area contributed by atoms with Gasteiger partial charge in [0.2, 0.25) is 5.95 Å². The maximum atomic E-state index is 12.7. The Bertz CT molecular complexity index is 1870. The number of phosphoric ester groups is 1. The fourth-order valence-electron chi connectivity index (χ4n) is 4.31. The second kappa shape index (κ2) is 14.8. The van der Waals surface area contributed by atoms with Gasteiger partial charge >= 0.3 is 29.6 Å². The number of anilines is 2. The van der Waals surface area contributed by atoms with Crippen molar-refractivity contribution in [1.82, 2.24) is 30.2 Å². The SMILES string of the molecule is CNc1ccccc1C(=O)NCCNC(=O)O[C@@H]1[C@H](O)[C@@H](COP(=O)(O)OP(=O)(O)OP(=O)(O)O)O[C@H]1n1cnc2c(=O)[nH]c(N)nc21. The van der Waals surface area contributed by atoms with E-state index >= 15 is 0 Å². The molecule has 0 saturated carbocycles. The number of hydrogen-bond donors (Lipinski definition) is 10. The number of para-hydroxylation sites is 1. The summed E-state index contributed by atoms with van der Waals surface area (Å²) in [5.74, 6) is -0.783. The Balaban J connectivity index is 1.46. The molecule has 1 aliphatic heterocycles. The molecule has 11 N–H and O–H groups in total. The van der Waals surface area contributed by atoms with Crippen LogP contribution in [-0.2, 0) is 36.3 Å². The van der Waals surface area contributed by atoms with Gasteiger partial charge in [0, 0.05) is 25.8 Å². The normalized spacial score (nSPS) is 22.0. The molecule has 6 atom stereocenters. The number of nitrogens with one attached hydrogen (secondary N) is 4. The van der Waals surface area contributed by atoms with Crippen LogP contribution in [0.5, 0.6) is 0 Å². The lowest BCUT2D eigenvalue weighted by Crippen LogP contribution is -2.41. The third-order valence-electron chi connectivity index (χ3n) is 6.22. The number of amides is 2. The van der Waals surface area contributed by atoms with E-state index in [1.807, 2.05) is 0 Å². The number of nitrogens with two attached hydrogens (primary N) is 1.